The van der Waals surface area contributed by atoms with Crippen LogP contribution >= 0.6 is 0 Å². The van der Waals surface area contributed by atoms with Crippen LogP contribution < -0.4 is 24.6 Å². The van der Waals surface area contributed by atoms with E-state index in [1.807, 2.05) is 20.8 Å². The van der Waals surface area contributed by atoms with Crippen molar-refractivity contribution in [2.75, 3.05) is 41.5 Å². The van der Waals surface area contributed by atoms with Gasteiger partial charge < -0.3 is 10.1 Å². The first-order valence-electron chi connectivity index (χ1n) is 10.9. The van der Waals surface area contributed by atoms with Gasteiger partial charge in [0.1, 0.15) is 5.75 Å². The van der Waals surface area contributed by atoms with Crippen molar-refractivity contribution in [2.24, 2.45) is 0 Å². The molecule has 0 spiro atoms. The van der Waals surface area contributed by atoms with Crippen molar-refractivity contribution in [3.8, 4) is 5.75 Å². The zero-order valence-corrected chi connectivity index (χ0v) is 21.4. The van der Waals surface area contributed by atoms with E-state index in [1.165, 1.54) is 19.1 Å². The molecule has 2 aromatic carbocycles. The topological polar surface area (TPSA) is 125 Å². The molecule has 1 heterocycles. The molecule has 2 N–H and O–H groups in total. The Hall–Kier alpha value is -3.60. The molecule has 11 heteroatoms. The van der Waals surface area contributed by atoms with Crippen LogP contribution in [-0.2, 0) is 20.2 Å². The number of hydrogen-bond donors (Lipinski definition) is 2. The zero-order chi connectivity index (χ0) is 26.1. The number of ether oxygens (including phenoxy) is 1. The van der Waals surface area contributed by atoms with Gasteiger partial charge in [-0.05, 0) is 41.8 Å². The lowest BCUT2D eigenvalue weighted by Crippen LogP contribution is -2.49. The number of sulfonamides is 1. The van der Waals surface area contributed by atoms with Gasteiger partial charge in [0.25, 0.3) is 5.91 Å². The van der Waals surface area contributed by atoms with Gasteiger partial charge in [0.15, 0.2) is 0 Å². The number of hydrogen-bond acceptors (Lipinski definition) is 6. The summed E-state index contributed by atoms with van der Waals surface area (Å²) in [6.45, 7) is 6.09. The van der Waals surface area contributed by atoms with Crippen molar-refractivity contribution in [1.82, 2.24) is 5.32 Å². The van der Waals surface area contributed by atoms with Crippen molar-refractivity contribution in [3.63, 3.8) is 0 Å². The van der Waals surface area contributed by atoms with Gasteiger partial charge in [-0.1, -0.05) is 20.8 Å². The van der Waals surface area contributed by atoms with Crippen LogP contribution in [0.3, 0.4) is 0 Å². The van der Waals surface area contributed by atoms with Crippen molar-refractivity contribution in [1.29, 1.82) is 0 Å². The van der Waals surface area contributed by atoms with Crippen LogP contribution in [0.15, 0.2) is 36.4 Å². The number of amides is 4. The Bertz CT molecular complexity index is 1270. The summed E-state index contributed by atoms with van der Waals surface area (Å²) in [4.78, 5) is 38.8. The van der Waals surface area contributed by atoms with Crippen LogP contribution in [0.4, 0.5) is 21.9 Å². The normalized spacial score (nSPS) is 14.4. The molecular weight excluding hydrogens is 472 g/mol. The highest BCUT2D eigenvalue weighted by Crippen LogP contribution is 2.38. The van der Waals surface area contributed by atoms with Gasteiger partial charge in [0.05, 0.1) is 24.6 Å². The molecule has 0 saturated carbocycles. The molecule has 2 aromatic rings. The number of methoxy groups -OCH3 is 1. The number of carbonyl (C=O) groups is 3. The maximum Gasteiger partial charge on any atom is 0.328 e. The lowest BCUT2D eigenvalue weighted by atomic mass is 9.84. The molecule has 188 valence electrons. The van der Waals surface area contributed by atoms with E-state index in [4.69, 9.17) is 4.74 Å². The third-order valence-electron chi connectivity index (χ3n) is 5.68. The summed E-state index contributed by atoms with van der Waals surface area (Å²) >= 11 is 0. The molecule has 1 fully saturated rings. The van der Waals surface area contributed by atoms with E-state index < -0.39 is 27.4 Å². The molecule has 0 aliphatic carbocycles. The number of rotatable bonds is 6. The van der Waals surface area contributed by atoms with Gasteiger partial charge in [0, 0.05) is 37.0 Å². The fraction of sp³-hybridized carbons (Fsp3) is 0.375. The minimum absolute atomic E-state index is 0.151. The second-order valence-electron chi connectivity index (χ2n) is 9.31. The third-order valence-corrected chi connectivity index (χ3v) is 6.89. The number of anilines is 3. The average Bonchev–Trinajstić information content (AvgIpc) is 2.77. The third kappa shape index (κ3) is 5.73. The minimum Gasteiger partial charge on any atom is -0.496 e. The Morgan fingerprint density at radius 2 is 1.77 bits per heavy atom. The number of nitrogens with zero attached hydrogens (tertiary/aromatic N) is 2. The highest BCUT2D eigenvalue weighted by atomic mass is 32.2. The summed E-state index contributed by atoms with van der Waals surface area (Å²) in [6.07, 6.45) is 1.26. The second kappa shape index (κ2) is 9.57. The Labute approximate surface area is 205 Å². The lowest BCUT2D eigenvalue weighted by Gasteiger charge is -2.30. The SMILES string of the molecule is COc1c(C(=O)Nc2ccc(N(C)S(C)(=O)=O)cc2)cc(N2CCC(=O)NC2=O)cc1C(C)(C)C. The molecule has 35 heavy (non-hydrogen) atoms. The van der Waals surface area contributed by atoms with Crippen molar-refractivity contribution < 1.29 is 27.5 Å². The standard InChI is InChI=1S/C24H30N4O6S/c1-24(2,3)19-14-17(28-12-11-20(29)26-23(28)31)13-18(21(19)34-5)22(30)25-15-7-9-16(10-8-15)27(4)35(6,32)33/h7-10,13-14H,11-12H2,1-6H3,(H,25,30)(H,26,29,31). The van der Waals surface area contributed by atoms with Crippen molar-refractivity contribution in [2.45, 2.75) is 32.6 Å². The lowest BCUT2D eigenvalue weighted by molar-refractivity contribution is -0.120. The van der Waals surface area contributed by atoms with Crippen LogP contribution in [0.1, 0.15) is 43.1 Å². The molecule has 3 rings (SSSR count). The van der Waals surface area contributed by atoms with Gasteiger partial charge in [-0.25, -0.2) is 13.2 Å². The fourth-order valence-electron chi connectivity index (χ4n) is 3.67. The van der Waals surface area contributed by atoms with Crippen LogP contribution in [0, 0.1) is 0 Å². The highest BCUT2D eigenvalue weighted by Gasteiger charge is 2.30. The summed E-state index contributed by atoms with van der Waals surface area (Å²) in [7, 11) is -0.498. The second-order valence-corrected chi connectivity index (χ2v) is 11.3. The van der Waals surface area contributed by atoms with E-state index in [-0.39, 0.29) is 24.4 Å². The highest BCUT2D eigenvalue weighted by molar-refractivity contribution is 7.92. The molecule has 1 aliphatic heterocycles. The predicted molar refractivity (Wildman–Crippen MR) is 135 cm³/mol. The number of nitrogens with one attached hydrogen (secondary N) is 2. The molecule has 0 atom stereocenters. The monoisotopic (exact) mass is 502 g/mol. The van der Waals surface area contributed by atoms with E-state index in [0.29, 0.717) is 22.8 Å². The summed E-state index contributed by atoms with van der Waals surface area (Å²) in [5.41, 5.74) is 1.89. The van der Waals surface area contributed by atoms with E-state index in [2.05, 4.69) is 10.6 Å². The molecule has 10 nitrogen and oxygen atoms in total. The van der Waals surface area contributed by atoms with E-state index in [0.717, 1.165) is 16.1 Å². The molecule has 0 radical (unpaired) electrons. The number of carbonyl (C=O) groups excluding carboxylic acids is 3. The summed E-state index contributed by atoms with van der Waals surface area (Å²) < 4.78 is 30.3. The molecule has 0 aromatic heterocycles. The van der Waals surface area contributed by atoms with Crippen LogP contribution in [-0.4, -0.2) is 53.2 Å². The average molecular weight is 503 g/mol. The Balaban J connectivity index is 2.00. The van der Waals surface area contributed by atoms with E-state index in [1.54, 1.807) is 36.4 Å². The fourth-order valence-corrected chi connectivity index (χ4v) is 4.17. The maximum atomic E-state index is 13.3. The van der Waals surface area contributed by atoms with Gasteiger partial charge in [0.2, 0.25) is 15.9 Å². The molecule has 0 bridgehead atoms. The van der Waals surface area contributed by atoms with Gasteiger partial charge in [-0.15, -0.1) is 0 Å². The first-order chi connectivity index (χ1) is 16.2. The smallest absolute Gasteiger partial charge is 0.328 e. The molecule has 0 unspecified atom stereocenters. The minimum atomic E-state index is -3.41. The summed E-state index contributed by atoms with van der Waals surface area (Å²) in [6, 6.07) is 9.16. The van der Waals surface area contributed by atoms with Crippen molar-refractivity contribution in [3.05, 3.63) is 47.5 Å². The zero-order valence-electron chi connectivity index (χ0n) is 20.6. The first kappa shape index (κ1) is 26.0. The van der Waals surface area contributed by atoms with Crippen molar-refractivity contribution >= 4 is 44.9 Å². The molecule has 1 saturated heterocycles. The first-order valence-corrected chi connectivity index (χ1v) is 12.8. The number of urea groups is 1. The Morgan fingerprint density at radius 1 is 1.14 bits per heavy atom. The van der Waals surface area contributed by atoms with Gasteiger partial charge >= 0.3 is 6.03 Å². The number of imide groups is 1. The Morgan fingerprint density at radius 3 is 2.29 bits per heavy atom. The summed E-state index contributed by atoms with van der Waals surface area (Å²) in [5, 5.41) is 5.10. The summed E-state index contributed by atoms with van der Waals surface area (Å²) in [5.74, 6) is -0.439. The van der Waals surface area contributed by atoms with E-state index in [9.17, 15) is 22.8 Å². The largest absolute Gasteiger partial charge is 0.496 e. The quantitative estimate of drug-likeness (QED) is 0.625. The van der Waals surface area contributed by atoms with Crippen LogP contribution in [0.5, 0.6) is 5.75 Å². The molecule has 4 amide bonds. The number of benzene rings is 2. The van der Waals surface area contributed by atoms with Gasteiger partial charge in [-0.2, -0.15) is 0 Å². The molecular formula is C24H30N4O6S. The van der Waals surface area contributed by atoms with Gasteiger partial charge in [-0.3, -0.25) is 24.1 Å². The molecule has 1 aliphatic rings. The van der Waals surface area contributed by atoms with Crippen LogP contribution in [0.25, 0.3) is 0 Å². The Kier molecular flexibility index (Phi) is 7.11. The predicted octanol–water partition coefficient (Wildman–Crippen LogP) is 3.09. The van der Waals surface area contributed by atoms with E-state index >= 15 is 0 Å². The maximum absolute atomic E-state index is 13.3. The van der Waals surface area contributed by atoms with Crippen LogP contribution in [0.2, 0.25) is 0 Å².